The summed E-state index contributed by atoms with van der Waals surface area (Å²) in [6.45, 7) is 2.89. The molecule has 4 heteroatoms. The maximum atomic E-state index is 5.74. The number of nitrogens with one attached hydrogen (secondary N) is 2. The van der Waals surface area contributed by atoms with E-state index in [1.807, 2.05) is 0 Å². The molecular weight excluding hydrogens is 262 g/mol. The van der Waals surface area contributed by atoms with E-state index in [1.54, 1.807) is 0 Å². The van der Waals surface area contributed by atoms with Gasteiger partial charge in [-0.15, -0.1) is 0 Å². The van der Waals surface area contributed by atoms with Crippen molar-refractivity contribution in [1.82, 2.24) is 15.5 Å². The van der Waals surface area contributed by atoms with Gasteiger partial charge in [-0.1, -0.05) is 38.5 Å². The van der Waals surface area contributed by atoms with Gasteiger partial charge in [0, 0.05) is 18.6 Å². The fourth-order valence-corrected chi connectivity index (χ4v) is 4.82. The summed E-state index contributed by atoms with van der Waals surface area (Å²) in [4.78, 5) is 2.62. The molecule has 0 aromatic rings. The molecule has 21 heavy (non-hydrogen) atoms. The van der Waals surface area contributed by atoms with Gasteiger partial charge >= 0.3 is 0 Å². The molecule has 2 aliphatic heterocycles. The molecule has 2 atom stereocenters. The molecule has 120 valence electrons. The molecule has 4 fully saturated rings. The molecule has 2 heterocycles. The summed E-state index contributed by atoms with van der Waals surface area (Å²) in [6, 6.07) is 1.98. The van der Waals surface area contributed by atoms with Crippen LogP contribution in [0.3, 0.4) is 0 Å². The van der Waals surface area contributed by atoms with Crippen molar-refractivity contribution < 1.29 is 4.74 Å². The highest BCUT2D eigenvalue weighted by Crippen LogP contribution is 2.41. The van der Waals surface area contributed by atoms with Crippen molar-refractivity contribution in [3.63, 3.8) is 0 Å². The van der Waals surface area contributed by atoms with Crippen molar-refractivity contribution >= 4 is 0 Å². The van der Waals surface area contributed by atoms with Crippen molar-refractivity contribution in [1.29, 1.82) is 0 Å². The third kappa shape index (κ3) is 2.88. The van der Waals surface area contributed by atoms with Gasteiger partial charge in [-0.3, -0.25) is 15.5 Å². The van der Waals surface area contributed by atoms with Crippen LogP contribution in [-0.4, -0.2) is 48.6 Å². The van der Waals surface area contributed by atoms with Gasteiger partial charge in [-0.05, 0) is 25.7 Å². The Bertz CT molecular complexity index is 316. The first-order valence-corrected chi connectivity index (χ1v) is 9.28. The van der Waals surface area contributed by atoms with Crippen LogP contribution in [-0.2, 0) is 4.74 Å². The predicted octanol–water partition coefficient (Wildman–Crippen LogP) is 2.20. The lowest BCUT2D eigenvalue weighted by atomic mass is 9.94. The van der Waals surface area contributed by atoms with E-state index in [4.69, 9.17) is 4.74 Å². The molecule has 0 aromatic carbocycles. The summed E-state index contributed by atoms with van der Waals surface area (Å²) in [6.07, 6.45) is 13.9. The van der Waals surface area contributed by atoms with Crippen molar-refractivity contribution in [2.24, 2.45) is 0 Å². The molecule has 0 radical (unpaired) electrons. The van der Waals surface area contributed by atoms with Gasteiger partial charge in [-0.2, -0.15) is 0 Å². The lowest BCUT2D eigenvalue weighted by Gasteiger charge is -2.34. The maximum absolute atomic E-state index is 5.74. The number of fused-ring (bicyclic) bond motifs is 1. The molecule has 0 amide bonds. The minimum atomic E-state index is 0.0700. The third-order valence-electron chi connectivity index (χ3n) is 6.05. The topological polar surface area (TPSA) is 36.3 Å². The molecule has 0 bridgehead atoms. The monoisotopic (exact) mass is 293 g/mol. The molecular formula is C17H31N3O. The number of morpholine rings is 1. The van der Waals surface area contributed by atoms with Gasteiger partial charge in [0.15, 0.2) is 0 Å². The van der Waals surface area contributed by atoms with Gasteiger partial charge in [0.1, 0.15) is 5.79 Å². The standard InChI is InChI=1S/C17H31N3O/c1-3-7-14(8-4-1)18-17(16-13-21-12-11-20(16)17)19-15-9-5-2-6-10-15/h14-16,18-19H,1-13H2. The molecule has 2 saturated heterocycles. The zero-order valence-electron chi connectivity index (χ0n) is 13.3. The summed E-state index contributed by atoms with van der Waals surface area (Å²) in [5.74, 6) is 0.0700. The Labute approximate surface area is 129 Å². The number of hydrogen-bond donors (Lipinski definition) is 2. The first-order chi connectivity index (χ1) is 10.4. The molecule has 2 aliphatic carbocycles. The number of rotatable bonds is 4. The molecule has 4 rings (SSSR count). The van der Waals surface area contributed by atoms with E-state index in [0.717, 1.165) is 19.8 Å². The zero-order chi connectivity index (χ0) is 14.1. The Hall–Kier alpha value is -0.160. The summed E-state index contributed by atoms with van der Waals surface area (Å²) >= 11 is 0. The average molecular weight is 293 g/mol. The molecule has 2 saturated carbocycles. The van der Waals surface area contributed by atoms with Crippen molar-refractivity contribution in [2.75, 3.05) is 19.8 Å². The zero-order valence-corrected chi connectivity index (χ0v) is 13.3. The van der Waals surface area contributed by atoms with Crippen LogP contribution < -0.4 is 10.6 Å². The van der Waals surface area contributed by atoms with Crippen LogP contribution in [0.5, 0.6) is 0 Å². The Morgan fingerprint density at radius 3 is 1.86 bits per heavy atom. The molecule has 4 nitrogen and oxygen atoms in total. The molecule has 2 unspecified atom stereocenters. The van der Waals surface area contributed by atoms with E-state index in [-0.39, 0.29) is 5.79 Å². The smallest absolute Gasteiger partial charge is 0.145 e. The maximum Gasteiger partial charge on any atom is 0.145 e. The number of ether oxygens (including phenoxy) is 1. The first-order valence-electron chi connectivity index (χ1n) is 9.28. The van der Waals surface area contributed by atoms with Crippen molar-refractivity contribution in [3.8, 4) is 0 Å². The van der Waals surface area contributed by atoms with Gasteiger partial charge in [-0.25, -0.2) is 0 Å². The Kier molecular flexibility index (Phi) is 4.23. The quantitative estimate of drug-likeness (QED) is 0.615. The molecule has 2 N–H and O–H groups in total. The number of nitrogens with zero attached hydrogens (tertiary/aromatic N) is 1. The summed E-state index contributed by atoms with van der Waals surface area (Å²) < 4.78 is 5.74. The SMILES string of the molecule is C1CCC(NC2(NC3CCCCC3)C3COCCN32)CC1. The van der Waals surface area contributed by atoms with Gasteiger partial charge in [0.05, 0.1) is 19.3 Å². The number of hydrogen-bond acceptors (Lipinski definition) is 4. The average Bonchev–Trinajstić information content (AvgIpc) is 3.16. The Balaban J connectivity index is 1.44. The summed E-state index contributed by atoms with van der Waals surface area (Å²) in [7, 11) is 0. The Morgan fingerprint density at radius 1 is 0.810 bits per heavy atom. The second-order valence-electron chi connectivity index (χ2n) is 7.51. The highest BCUT2D eigenvalue weighted by molar-refractivity contribution is 5.16. The second-order valence-corrected chi connectivity index (χ2v) is 7.51. The van der Waals surface area contributed by atoms with Crippen LogP contribution in [0.15, 0.2) is 0 Å². The first kappa shape index (κ1) is 14.4. The summed E-state index contributed by atoms with van der Waals surface area (Å²) in [5, 5.41) is 8.06. The van der Waals surface area contributed by atoms with E-state index < -0.39 is 0 Å². The van der Waals surface area contributed by atoms with Crippen molar-refractivity contribution in [2.45, 2.75) is 88.1 Å². The molecule has 4 aliphatic rings. The van der Waals surface area contributed by atoms with Gasteiger partial charge in [0.25, 0.3) is 0 Å². The second kappa shape index (κ2) is 6.15. The van der Waals surface area contributed by atoms with E-state index >= 15 is 0 Å². The largest absolute Gasteiger partial charge is 0.378 e. The van der Waals surface area contributed by atoms with Crippen LogP contribution in [0.4, 0.5) is 0 Å². The summed E-state index contributed by atoms with van der Waals surface area (Å²) in [5.41, 5.74) is 0. The van der Waals surface area contributed by atoms with Gasteiger partial charge < -0.3 is 4.74 Å². The highest BCUT2D eigenvalue weighted by atomic mass is 16.5. The van der Waals surface area contributed by atoms with Gasteiger partial charge in [0.2, 0.25) is 0 Å². The Morgan fingerprint density at radius 2 is 1.38 bits per heavy atom. The highest BCUT2D eigenvalue weighted by Gasteiger charge is 2.64. The lowest BCUT2D eigenvalue weighted by Crippen LogP contribution is -2.58. The normalized spacial score (nSPS) is 37.1. The molecule has 0 spiro atoms. The fraction of sp³-hybridized carbons (Fsp3) is 1.00. The van der Waals surface area contributed by atoms with Crippen LogP contribution in [0.2, 0.25) is 0 Å². The van der Waals surface area contributed by atoms with E-state index in [1.165, 1.54) is 64.2 Å². The van der Waals surface area contributed by atoms with Crippen LogP contribution in [0.25, 0.3) is 0 Å². The predicted molar refractivity (Wildman–Crippen MR) is 84.1 cm³/mol. The van der Waals surface area contributed by atoms with Crippen LogP contribution in [0.1, 0.15) is 64.2 Å². The van der Waals surface area contributed by atoms with Crippen LogP contribution in [0, 0.1) is 0 Å². The van der Waals surface area contributed by atoms with Crippen LogP contribution >= 0.6 is 0 Å². The molecule has 0 aromatic heterocycles. The minimum absolute atomic E-state index is 0.0700. The van der Waals surface area contributed by atoms with E-state index in [9.17, 15) is 0 Å². The lowest BCUT2D eigenvalue weighted by molar-refractivity contribution is 0.0857. The van der Waals surface area contributed by atoms with E-state index in [0.29, 0.717) is 18.1 Å². The minimum Gasteiger partial charge on any atom is -0.378 e. The fourth-order valence-electron chi connectivity index (χ4n) is 4.82. The van der Waals surface area contributed by atoms with E-state index in [2.05, 4.69) is 15.5 Å². The third-order valence-corrected chi connectivity index (χ3v) is 6.05. The van der Waals surface area contributed by atoms with Crippen molar-refractivity contribution in [3.05, 3.63) is 0 Å².